The average molecular weight is 411 g/mol. The first kappa shape index (κ1) is 21.9. The van der Waals surface area contributed by atoms with Gasteiger partial charge in [-0.2, -0.15) is 0 Å². The number of hydrogen-bond acceptors (Lipinski definition) is 6. The van der Waals surface area contributed by atoms with Gasteiger partial charge in [-0.3, -0.25) is 4.79 Å². The van der Waals surface area contributed by atoms with Crippen LogP contribution < -0.4 is 5.32 Å². The predicted octanol–water partition coefficient (Wildman–Crippen LogP) is 2.93. The third-order valence-corrected chi connectivity index (χ3v) is 5.30. The van der Waals surface area contributed by atoms with Crippen LogP contribution in [0.1, 0.15) is 47.9 Å². The third kappa shape index (κ3) is 4.86. The monoisotopic (exact) mass is 410 g/mol. The molecule has 2 N–H and O–H groups in total. The molecule has 0 aliphatic heterocycles. The summed E-state index contributed by atoms with van der Waals surface area (Å²) in [6.07, 6.45) is 0.894. The Morgan fingerprint density at radius 1 is 1.30 bits per heavy atom. The van der Waals surface area contributed by atoms with E-state index in [-0.39, 0.29) is 24.9 Å². The molecule has 1 unspecified atom stereocenters. The van der Waals surface area contributed by atoms with Gasteiger partial charge in [0.25, 0.3) is 0 Å². The van der Waals surface area contributed by atoms with Gasteiger partial charge in [-0.05, 0) is 55.6 Å². The number of ether oxygens (including phenoxy) is 1. The first-order chi connectivity index (χ1) is 14.6. The fraction of sp³-hybridized carbons (Fsp3) is 0.435. The molecule has 30 heavy (non-hydrogen) atoms. The average Bonchev–Trinajstić information content (AvgIpc) is 3.16. The van der Waals surface area contributed by atoms with Gasteiger partial charge in [-0.15, -0.1) is 5.10 Å². The van der Waals surface area contributed by atoms with E-state index in [9.17, 15) is 4.79 Å². The fourth-order valence-electron chi connectivity index (χ4n) is 3.86. The third-order valence-electron chi connectivity index (χ3n) is 5.30. The Balaban J connectivity index is 2.04. The first-order valence-electron chi connectivity index (χ1n) is 10.4. The smallest absolute Gasteiger partial charge is 0.306 e. The van der Waals surface area contributed by atoms with Crippen LogP contribution in [0.4, 0.5) is 0 Å². The Kier molecular flexibility index (Phi) is 7.54. The van der Waals surface area contributed by atoms with Crippen molar-refractivity contribution in [2.45, 2.75) is 45.7 Å². The summed E-state index contributed by atoms with van der Waals surface area (Å²) in [5.41, 5.74) is 6.06. The first-order valence-corrected chi connectivity index (χ1v) is 10.4. The molecule has 0 fully saturated rings. The van der Waals surface area contributed by atoms with Gasteiger partial charge in [0.15, 0.2) is 0 Å². The van der Waals surface area contributed by atoms with E-state index in [0.717, 1.165) is 39.8 Å². The number of benzene rings is 2. The van der Waals surface area contributed by atoms with Crippen molar-refractivity contribution in [2.24, 2.45) is 0 Å². The van der Waals surface area contributed by atoms with Crippen LogP contribution in [-0.2, 0) is 22.6 Å². The highest BCUT2D eigenvalue weighted by Crippen LogP contribution is 2.34. The van der Waals surface area contributed by atoms with E-state index >= 15 is 0 Å². The lowest BCUT2D eigenvalue weighted by atomic mass is 9.85. The Labute approximate surface area is 177 Å². The van der Waals surface area contributed by atoms with E-state index in [4.69, 9.17) is 9.84 Å². The van der Waals surface area contributed by atoms with E-state index in [1.54, 1.807) is 0 Å². The summed E-state index contributed by atoms with van der Waals surface area (Å²) < 4.78 is 7.08. The molecule has 1 atom stereocenters. The molecule has 0 saturated heterocycles. The minimum atomic E-state index is -0.215. The second kappa shape index (κ2) is 10.3. The number of carbonyl (C=O) groups excluding carboxylic acids is 1. The van der Waals surface area contributed by atoms with Crippen LogP contribution in [0.25, 0.3) is 11.0 Å². The van der Waals surface area contributed by atoms with Crippen LogP contribution in [0.5, 0.6) is 0 Å². The molecule has 3 rings (SSSR count). The van der Waals surface area contributed by atoms with Crippen LogP contribution in [0.15, 0.2) is 36.4 Å². The predicted molar refractivity (Wildman–Crippen MR) is 116 cm³/mol. The Bertz CT molecular complexity index is 999. The second-order valence-corrected chi connectivity index (χ2v) is 7.37. The van der Waals surface area contributed by atoms with Crippen LogP contribution in [-0.4, -0.2) is 46.3 Å². The number of nitrogens with zero attached hydrogens (tertiary/aromatic N) is 3. The van der Waals surface area contributed by atoms with Gasteiger partial charge >= 0.3 is 5.97 Å². The fourth-order valence-corrected chi connectivity index (χ4v) is 3.86. The van der Waals surface area contributed by atoms with E-state index in [1.165, 1.54) is 0 Å². The standard InChI is InChI=1S/C23H30N4O3/c1-4-30-22(29)14-20(18-8-5-7-17(13-18)15-24-3)19-9-10-21-23(16(19)2)25-26-27(21)11-6-12-28/h5,7-10,13,20,24,28H,4,6,11-12,14-15H2,1-3H3. The summed E-state index contributed by atoms with van der Waals surface area (Å²) in [5, 5.41) is 20.9. The largest absolute Gasteiger partial charge is 0.466 e. The zero-order valence-corrected chi connectivity index (χ0v) is 17.9. The molecule has 0 radical (unpaired) electrons. The van der Waals surface area contributed by atoms with Crippen molar-refractivity contribution in [1.29, 1.82) is 0 Å². The lowest BCUT2D eigenvalue weighted by molar-refractivity contribution is -0.143. The Hall–Kier alpha value is -2.77. The maximum Gasteiger partial charge on any atom is 0.306 e. The van der Waals surface area contributed by atoms with Gasteiger partial charge < -0.3 is 15.2 Å². The number of aryl methyl sites for hydroxylation is 2. The molecule has 0 amide bonds. The number of hydrogen-bond donors (Lipinski definition) is 2. The zero-order chi connectivity index (χ0) is 21.5. The number of fused-ring (bicyclic) bond motifs is 1. The number of nitrogens with one attached hydrogen (secondary N) is 1. The van der Waals surface area contributed by atoms with Crippen LogP contribution >= 0.6 is 0 Å². The number of aliphatic hydroxyl groups is 1. The van der Waals surface area contributed by atoms with Gasteiger partial charge in [-0.25, -0.2) is 4.68 Å². The summed E-state index contributed by atoms with van der Waals surface area (Å²) in [7, 11) is 1.92. The van der Waals surface area contributed by atoms with Crippen molar-refractivity contribution < 1.29 is 14.6 Å². The highest BCUT2D eigenvalue weighted by Gasteiger charge is 2.23. The topological polar surface area (TPSA) is 89.3 Å². The molecule has 0 aliphatic rings. The second-order valence-electron chi connectivity index (χ2n) is 7.37. The summed E-state index contributed by atoms with van der Waals surface area (Å²) in [6.45, 7) is 5.70. The summed E-state index contributed by atoms with van der Waals surface area (Å²) in [6, 6.07) is 12.4. The quantitative estimate of drug-likeness (QED) is 0.500. The molecular weight excluding hydrogens is 380 g/mol. The van der Waals surface area contributed by atoms with Gasteiger partial charge in [0.05, 0.1) is 18.5 Å². The van der Waals surface area contributed by atoms with Crippen molar-refractivity contribution in [3.8, 4) is 0 Å². The van der Waals surface area contributed by atoms with E-state index in [2.05, 4.69) is 39.9 Å². The molecule has 2 aromatic carbocycles. The van der Waals surface area contributed by atoms with Gasteiger partial charge in [0.2, 0.25) is 0 Å². The Morgan fingerprint density at radius 2 is 2.13 bits per heavy atom. The number of aromatic nitrogens is 3. The number of aliphatic hydroxyl groups excluding tert-OH is 1. The molecule has 3 aromatic rings. The van der Waals surface area contributed by atoms with Crippen molar-refractivity contribution in [1.82, 2.24) is 20.3 Å². The highest BCUT2D eigenvalue weighted by atomic mass is 16.5. The van der Waals surface area contributed by atoms with Crippen LogP contribution in [0.3, 0.4) is 0 Å². The molecular formula is C23H30N4O3. The lowest BCUT2D eigenvalue weighted by Crippen LogP contribution is -2.14. The maximum atomic E-state index is 12.4. The normalized spacial score (nSPS) is 12.3. The summed E-state index contributed by atoms with van der Waals surface area (Å²) >= 11 is 0. The van der Waals surface area contributed by atoms with Gasteiger partial charge in [0, 0.05) is 25.6 Å². The molecule has 0 aliphatic carbocycles. The zero-order valence-electron chi connectivity index (χ0n) is 17.9. The molecule has 1 aromatic heterocycles. The molecule has 0 bridgehead atoms. The summed E-state index contributed by atoms with van der Waals surface area (Å²) in [4.78, 5) is 12.4. The SMILES string of the molecule is CCOC(=O)CC(c1cccc(CNC)c1)c1ccc2c(nnn2CCCO)c1C. The molecule has 1 heterocycles. The minimum Gasteiger partial charge on any atom is -0.466 e. The molecule has 0 saturated carbocycles. The van der Waals surface area contributed by atoms with E-state index in [0.29, 0.717) is 19.6 Å². The number of rotatable bonds is 10. The Morgan fingerprint density at radius 3 is 2.87 bits per heavy atom. The van der Waals surface area contributed by atoms with Crippen molar-refractivity contribution >= 4 is 17.0 Å². The van der Waals surface area contributed by atoms with Crippen molar-refractivity contribution in [3.63, 3.8) is 0 Å². The van der Waals surface area contributed by atoms with E-state index in [1.807, 2.05) is 37.7 Å². The minimum absolute atomic E-state index is 0.114. The molecule has 7 nitrogen and oxygen atoms in total. The highest BCUT2D eigenvalue weighted by molar-refractivity contribution is 5.80. The van der Waals surface area contributed by atoms with Gasteiger partial charge in [0.1, 0.15) is 5.52 Å². The van der Waals surface area contributed by atoms with Crippen molar-refractivity contribution in [2.75, 3.05) is 20.3 Å². The van der Waals surface area contributed by atoms with E-state index < -0.39 is 0 Å². The van der Waals surface area contributed by atoms with Crippen LogP contribution in [0.2, 0.25) is 0 Å². The maximum absolute atomic E-state index is 12.4. The molecule has 160 valence electrons. The number of esters is 1. The molecule has 0 spiro atoms. The van der Waals surface area contributed by atoms with Crippen molar-refractivity contribution in [3.05, 3.63) is 58.7 Å². The summed E-state index contributed by atoms with van der Waals surface area (Å²) in [5.74, 6) is -0.347. The van der Waals surface area contributed by atoms with Crippen LogP contribution in [0, 0.1) is 6.92 Å². The number of carbonyl (C=O) groups is 1. The molecule has 7 heteroatoms. The van der Waals surface area contributed by atoms with Gasteiger partial charge in [-0.1, -0.05) is 35.5 Å². The lowest BCUT2D eigenvalue weighted by Gasteiger charge is -2.20.